The second-order valence-corrected chi connectivity index (χ2v) is 6.21. The fourth-order valence-electron chi connectivity index (χ4n) is 2.93. The normalized spacial score (nSPS) is 20.0. The lowest BCUT2D eigenvalue weighted by atomic mass is 9.89. The summed E-state index contributed by atoms with van der Waals surface area (Å²) in [6.45, 7) is 3.84. The maximum Gasteiger partial charge on any atom is 0.276 e. The van der Waals surface area contributed by atoms with Crippen LogP contribution in [0.25, 0.3) is 10.9 Å². The number of nitrogens with one attached hydrogen (secondary N) is 1. The molecule has 2 aromatic rings. The summed E-state index contributed by atoms with van der Waals surface area (Å²) in [7, 11) is 0. The summed E-state index contributed by atoms with van der Waals surface area (Å²) in [5, 5.41) is 16.9. The standard InChI is InChI=1S/C17H22N4O3/c1-3-10-5-6-13-16(19-10)14(4-2)20-21(17(13)24)9-15(23)18-11-7-12(22)8-11/h5-6,11-12,22H,3-4,7-9H2,1-2H3,(H,18,23). The molecular formula is C17H22N4O3. The summed E-state index contributed by atoms with van der Waals surface area (Å²) < 4.78 is 1.21. The number of fused-ring (bicyclic) bond motifs is 1. The van der Waals surface area contributed by atoms with Gasteiger partial charge in [0.2, 0.25) is 5.91 Å². The van der Waals surface area contributed by atoms with E-state index in [1.54, 1.807) is 6.07 Å². The van der Waals surface area contributed by atoms with Crippen molar-refractivity contribution in [3.8, 4) is 0 Å². The number of aliphatic hydroxyl groups excluding tert-OH is 1. The predicted octanol–water partition coefficient (Wildman–Crippen LogP) is 0.556. The van der Waals surface area contributed by atoms with Gasteiger partial charge in [-0.2, -0.15) is 5.10 Å². The monoisotopic (exact) mass is 330 g/mol. The molecule has 0 atom stereocenters. The third-order valence-electron chi connectivity index (χ3n) is 4.40. The Bertz CT molecular complexity index is 824. The fraction of sp³-hybridized carbons (Fsp3) is 0.529. The van der Waals surface area contributed by atoms with E-state index >= 15 is 0 Å². The van der Waals surface area contributed by atoms with Gasteiger partial charge in [0.1, 0.15) is 6.54 Å². The first-order valence-corrected chi connectivity index (χ1v) is 8.38. The Morgan fingerprint density at radius 2 is 2.08 bits per heavy atom. The van der Waals surface area contributed by atoms with E-state index in [2.05, 4.69) is 15.4 Å². The molecule has 1 aliphatic rings. The Hall–Kier alpha value is -2.28. The molecule has 0 unspecified atom stereocenters. The third-order valence-corrected chi connectivity index (χ3v) is 4.40. The number of aryl methyl sites for hydroxylation is 2. The molecule has 0 saturated heterocycles. The molecule has 0 aliphatic heterocycles. The van der Waals surface area contributed by atoms with Gasteiger partial charge in [0, 0.05) is 11.7 Å². The first-order valence-electron chi connectivity index (χ1n) is 8.38. The average Bonchev–Trinajstić information content (AvgIpc) is 2.55. The molecule has 2 N–H and O–H groups in total. The number of rotatable bonds is 5. The lowest BCUT2D eigenvalue weighted by Crippen LogP contribution is -2.48. The Balaban J connectivity index is 1.89. The third kappa shape index (κ3) is 3.17. The summed E-state index contributed by atoms with van der Waals surface area (Å²) in [5.41, 5.74) is 1.95. The number of nitrogens with zero attached hydrogens (tertiary/aromatic N) is 3. The fourth-order valence-corrected chi connectivity index (χ4v) is 2.93. The maximum atomic E-state index is 12.6. The topological polar surface area (TPSA) is 97.1 Å². The number of carbonyl (C=O) groups excluding carboxylic acids is 1. The minimum Gasteiger partial charge on any atom is -0.393 e. The van der Waals surface area contributed by atoms with Crippen LogP contribution in [0, 0.1) is 0 Å². The summed E-state index contributed by atoms with van der Waals surface area (Å²) >= 11 is 0. The van der Waals surface area contributed by atoms with Crippen LogP contribution in [0.1, 0.15) is 38.1 Å². The Morgan fingerprint density at radius 3 is 2.71 bits per heavy atom. The number of pyridine rings is 1. The van der Waals surface area contributed by atoms with Gasteiger partial charge < -0.3 is 10.4 Å². The van der Waals surface area contributed by atoms with Gasteiger partial charge >= 0.3 is 0 Å². The van der Waals surface area contributed by atoms with Crippen LogP contribution in [0.15, 0.2) is 16.9 Å². The van der Waals surface area contributed by atoms with Gasteiger partial charge in [-0.15, -0.1) is 0 Å². The van der Waals surface area contributed by atoms with Crippen molar-refractivity contribution in [3.63, 3.8) is 0 Å². The van der Waals surface area contributed by atoms with Crippen LogP contribution in [0.2, 0.25) is 0 Å². The van der Waals surface area contributed by atoms with Crippen molar-refractivity contribution >= 4 is 16.8 Å². The summed E-state index contributed by atoms with van der Waals surface area (Å²) in [6.07, 6.45) is 2.22. The maximum absolute atomic E-state index is 12.6. The van der Waals surface area contributed by atoms with Gasteiger partial charge in [-0.25, -0.2) is 4.68 Å². The molecule has 0 bridgehead atoms. The number of hydrogen-bond donors (Lipinski definition) is 2. The number of carbonyl (C=O) groups is 1. The lowest BCUT2D eigenvalue weighted by molar-refractivity contribution is -0.123. The number of amides is 1. The lowest BCUT2D eigenvalue weighted by Gasteiger charge is -2.31. The summed E-state index contributed by atoms with van der Waals surface area (Å²) in [6, 6.07) is 3.59. The summed E-state index contributed by atoms with van der Waals surface area (Å²) in [5.74, 6) is -0.263. The van der Waals surface area contributed by atoms with Crippen molar-refractivity contribution in [1.82, 2.24) is 20.1 Å². The van der Waals surface area contributed by atoms with Crippen LogP contribution in [0.3, 0.4) is 0 Å². The zero-order valence-corrected chi connectivity index (χ0v) is 14.0. The first kappa shape index (κ1) is 16.6. The van der Waals surface area contributed by atoms with Crippen molar-refractivity contribution in [2.75, 3.05) is 0 Å². The molecule has 1 fully saturated rings. The molecule has 0 spiro atoms. The molecular weight excluding hydrogens is 308 g/mol. The smallest absolute Gasteiger partial charge is 0.276 e. The van der Waals surface area contributed by atoms with Crippen molar-refractivity contribution in [1.29, 1.82) is 0 Å². The highest BCUT2D eigenvalue weighted by atomic mass is 16.3. The van der Waals surface area contributed by atoms with Gasteiger partial charge in [-0.05, 0) is 37.8 Å². The van der Waals surface area contributed by atoms with Crippen molar-refractivity contribution < 1.29 is 9.90 Å². The van der Waals surface area contributed by atoms with Gasteiger partial charge in [-0.1, -0.05) is 13.8 Å². The van der Waals surface area contributed by atoms with E-state index in [9.17, 15) is 14.7 Å². The van der Waals surface area contributed by atoms with Crippen LogP contribution in [0.4, 0.5) is 0 Å². The van der Waals surface area contributed by atoms with E-state index in [-0.39, 0.29) is 30.2 Å². The largest absolute Gasteiger partial charge is 0.393 e. The van der Waals surface area contributed by atoms with Crippen LogP contribution < -0.4 is 10.9 Å². The molecule has 2 heterocycles. The highest BCUT2D eigenvalue weighted by molar-refractivity contribution is 5.80. The zero-order chi connectivity index (χ0) is 17.3. The van der Waals surface area contributed by atoms with E-state index in [1.165, 1.54) is 4.68 Å². The van der Waals surface area contributed by atoms with Gasteiger partial charge in [-0.3, -0.25) is 14.6 Å². The van der Waals surface area contributed by atoms with Gasteiger partial charge in [0.25, 0.3) is 5.56 Å². The van der Waals surface area contributed by atoms with Crippen LogP contribution >= 0.6 is 0 Å². The van der Waals surface area contributed by atoms with E-state index in [0.29, 0.717) is 35.9 Å². The molecule has 7 heteroatoms. The molecule has 7 nitrogen and oxygen atoms in total. The Morgan fingerprint density at radius 1 is 1.33 bits per heavy atom. The molecule has 1 amide bonds. The highest BCUT2D eigenvalue weighted by Crippen LogP contribution is 2.19. The Kier molecular flexibility index (Phi) is 4.62. The van der Waals surface area contributed by atoms with E-state index in [0.717, 1.165) is 12.1 Å². The zero-order valence-electron chi connectivity index (χ0n) is 14.0. The molecule has 0 aromatic carbocycles. The molecule has 24 heavy (non-hydrogen) atoms. The van der Waals surface area contributed by atoms with Crippen LogP contribution in [-0.2, 0) is 24.2 Å². The van der Waals surface area contributed by atoms with Crippen molar-refractivity contribution in [3.05, 3.63) is 33.9 Å². The van der Waals surface area contributed by atoms with Crippen molar-refractivity contribution in [2.45, 2.75) is 58.2 Å². The molecule has 0 radical (unpaired) electrons. The molecule has 1 aliphatic carbocycles. The van der Waals surface area contributed by atoms with Gasteiger partial charge in [0.05, 0.1) is 22.7 Å². The number of aromatic nitrogens is 3. The average molecular weight is 330 g/mol. The SMILES string of the molecule is CCc1ccc2c(=O)n(CC(=O)NC3CC(O)C3)nc(CC)c2n1. The van der Waals surface area contributed by atoms with E-state index in [1.807, 2.05) is 19.9 Å². The van der Waals surface area contributed by atoms with Crippen LogP contribution in [-0.4, -0.2) is 37.9 Å². The van der Waals surface area contributed by atoms with Crippen LogP contribution in [0.5, 0.6) is 0 Å². The molecule has 128 valence electrons. The minimum atomic E-state index is -0.331. The molecule has 3 rings (SSSR count). The summed E-state index contributed by atoms with van der Waals surface area (Å²) in [4.78, 5) is 29.2. The highest BCUT2D eigenvalue weighted by Gasteiger charge is 2.28. The predicted molar refractivity (Wildman–Crippen MR) is 89.7 cm³/mol. The number of hydrogen-bond acceptors (Lipinski definition) is 5. The minimum absolute atomic E-state index is 0.0110. The first-order chi connectivity index (χ1) is 11.5. The van der Waals surface area contributed by atoms with E-state index < -0.39 is 0 Å². The quantitative estimate of drug-likeness (QED) is 0.835. The second kappa shape index (κ2) is 6.68. The Labute approximate surface area is 139 Å². The number of aliphatic hydroxyl groups is 1. The van der Waals surface area contributed by atoms with Gasteiger partial charge in [0.15, 0.2) is 0 Å². The van der Waals surface area contributed by atoms with E-state index in [4.69, 9.17) is 0 Å². The second-order valence-electron chi connectivity index (χ2n) is 6.21. The molecule has 2 aromatic heterocycles. The van der Waals surface area contributed by atoms with Crippen molar-refractivity contribution in [2.24, 2.45) is 0 Å². The molecule has 1 saturated carbocycles.